The highest BCUT2D eigenvalue weighted by molar-refractivity contribution is 6.07. The van der Waals surface area contributed by atoms with Crippen molar-refractivity contribution in [1.82, 2.24) is 15.1 Å². The molecule has 3 unspecified atom stereocenters. The van der Waals surface area contributed by atoms with Crippen molar-refractivity contribution in [2.24, 2.45) is 0 Å². The van der Waals surface area contributed by atoms with Crippen molar-refractivity contribution in [2.45, 2.75) is 62.1 Å². The summed E-state index contributed by atoms with van der Waals surface area (Å²) < 4.78 is 19.3. The van der Waals surface area contributed by atoms with Gasteiger partial charge in [0.15, 0.2) is 0 Å². The molecule has 2 spiro atoms. The molecule has 0 aromatic heterocycles. The predicted molar refractivity (Wildman–Crippen MR) is 135 cm³/mol. The highest BCUT2D eigenvalue weighted by Gasteiger charge is 2.68. The standard InChI is InChI=1S/C28H29FN4O5/c1-16-3-10-22(17-4-6-18(29)7-5-17)33(16)23(34)14-32-24(35)28(38-26(32)37)15-27(11-12-27)21-13-19(8-9-20(21)28)31-25(36)30-2/h4-9,13,16,22H,3,10-12,14-15H2,1-2H3,(H2,30,31,36). The quantitative estimate of drug-likeness (QED) is 0.635. The van der Waals surface area contributed by atoms with Gasteiger partial charge < -0.3 is 20.3 Å². The topological polar surface area (TPSA) is 108 Å². The summed E-state index contributed by atoms with van der Waals surface area (Å²) in [5, 5.41) is 5.26. The molecule has 3 fully saturated rings. The van der Waals surface area contributed by atoms with Crippen LogP contribution in [0.4, 0.5) is 19.7 Å². The smallest absolute Gasteiger partial charge is 0.418 e. The zero-order valence-electron chi connectivity index (χ0n) is 21.3. The number of ether oxygens (including phenoxy) is 1. The van der Waals surface area contributed by atoms with Crippen LogP contribution in [0.1, 0.15) is 61.8 Å². The summed E-state index contributed by atoms with van der Waals surface area (Å²) in [6.45, 7) is 1.52. The number of anilines is 1. The van der Waals surface area contributed by atoms with E-state index in [2.05, 4.69) is 10.6 Å². The van der Waals surface area contributed by atoms with Gasteiger partial charge in [0.2, 0.25) is 11.5 Å². The molecule has 2 saturated heterocycles. The first-order valence-electron chi connectivity index (χ1n) is 12.9. The Bertz CT molecular complexity index is 1360. The van der Waals surface area contributed by atoms with Crippen LogP contribution in [0.15, 0.2) is 42.5 Å². The summed E-state index contributed by atoms with van der Waals surface area (Å²) in [5.41, 5.74) is 1.15. The fourth-order valence-electron chi connectivity index (χ4n) is 6.47. The first-order chi connectivity index (χ1) is 18.2. The largest absolute Gasteiger partial charge is 0.427 e. The molecule has 10 heteroatoms. The van der Waals surface area contributed by atoms with Crippen molar-refractivity contribution in [3.63, 3.8) is 0 Å². The predicted octanol–water partition coefficient (Wildman–Crippen LogP) is 3.94. The maximum Gasteiger partial charge on any atom is 0.418 e. The normalized spacial score (nSPS) is 26.6. The molecule has 198 valence electrons. The molecular weight excluding hydrogens is 491 g/mol. The Morgan fingerprint density at radius 3 is 2.50 bits per heavy atom. The van der Waals surface area contributed by atoms with Gasteiger partial charge >= 0.3 is 12.1 Å². The first kappa shape index (κ1) is 24.4. The molecule has 38 heavy (non-hydrogen) atoms. The maximum atomic E-state index is 13.8. The molecule has 2 aliphatic heterocycles. The minimum Gasteiger partial charge on any atom is -0.427 e. The van der Waals surface area contributed by atoms with Crippen LogP contribution in [0.3, 0.4) is 0 Å². The number of urea groups is 1. The average molecular weight is 521 g/mol. The highest BCUT2D eigenvalue weighted by Crippen LogP contribution is 2.64. The molecule has 4 aliphatic rings. The van der Waals surface area contributed by atoms with Gasteiger partial charge in [-0.05, 0) is 68.0 Å². The number of carbonyl (C=O) groups excluding carboxylic acids is 4. The number of rotatable bonds is 4. The molecule has 2 aromatic rings. The van der Waals surface area contributed by atoms with E-state index in [0.29, 0.717) is 24.1 Å². The van der Waals surface area contributed by atoms with Gasteiger partial charge in [-0.3, -0.25) is 9.59 Å². The Morgan fingerprint density at radius 1 is 1.08 bits per heavy atom. The van der Waals surface area contributed by atoms with Crippen molar-refractivity contribution in [3.8, 4) is 0 Å². The van der Waals surface area contributed by atoms with Crippen LogP contribution in [-0.4, -0.2) is 53.4 Å². The van der Waals surface area contributed by atoms with Crippen LogP contribution >= 0.6 is 0 Å². The molecule has 2 aliphatic carbocycles. The number of likely N-dealkylation sites (tertiary alicyclic amines) is 1. The van der Waals surface area contributed by atoms with Crippen LogP contribution in [0.25, 0.3) is 0 Å². The number of halogens is 1. The average Bonchev–Trinajstić information content (AvgIpc) is 3.41. The second-order valence-electron chi connectivity index (χ2n) is 10.8. The summed E-state index contributed by atoms with van der Waals surface area (Å²) in [6, 6.07) is 10.6. The number of benzene rings is 2. The van der Waals surface area contributed by atoms with Crippen LogP contribution in [0.5, 0.6) is 0 Å². The molecule has 9 nitrogen and oxygen atoms in total. The van der Waals surface area contributed by atoms with E-state index in [4.69, 9.17) is 4.74 Å². The Balaban J connectivity index is 1.26. The molecule has 2 N–H and O–H groups in total. The second kappa shape index (κ2) is 8.54. The molecule has 0 bridgehead atoms. The van der Waals surface area contributed by atoms with Gasteiger partial charge in [0, 0.05) is 36.2 Å². The van der Waals surface area contributed by atoms with Crippen LogP contribution in [0.2, 0.25) is 0 Å². The van der Waals surface area contributed by atoms with Crippen molar-refractivity contribution in [2.75, 3.05) is 18.9 Å². The number of hydrogen-bond donors (Lipinski definition) is 2. The number of imide groups is 1. The summed E-state index contributed by atoms with van der Waals surface area (Å²) in [4.78, 5) is 54.8. The second-order valence-corrected chi connectivity index (χ2v) is 10.8. The summed E-state index contributed by atoms with van der Waals surface area (Å²) in [6.07, 6.45) is 2.66. The van der Waals surface area contributed by atoms with Crippen LogP contribution < -0.4 is 10.6 Å². The van der Waals surface area contributed by atoms with Gasteiger partial charge in [0.05, 0.1) is 6.04 Å². The van der Waals surface area contributed by atoms with Gasteiger partial charge in [-0.15, -0.1) is 0 Å². The van der Waals surface area contributed by atoms with Gasteiger partial charge in [-0.2, -0.15) is 0 Å². The lowest BCUT2D eigenvalue weighted by Crippen LogP contribution is -2.46. The molecule has 6 rings (SSSR count). The first-order valence-corrected chi connectivity index (χ1v) is 12.9. The van der Waals surface area contributed by atoms with Crippen molar-refractivity contribution in [3.05, 3.63) is 65.0 Å². The van der Waals surface area contributed by atoms with Crippen LogP contribution in [-0.2, 0) is 25.3 Å². The lowest BCUT2D eigenvalue weighted by atomic mass is 9.94. The number of hydrogen-bond acceptors (Lipinski definition) is 5. The van der Waals surface area contributed by atoms with E-state index >= 15 is 0 Å². The summed E-state index contributed by atoms with van der Waals surface area (Å²) in [7, 11) is 1.53. The molecular formula is C28H29FN4O5. The van der Waals surface area contributed by atoms with Gasteiger partial charge in [0.25, 0.3) is 5.91 Å². The van der Waals surface area contributed by atoms with E-state index < -0.39 is 24.1 Å². The fourth-order valence-corrected chi connectivity index (χ4v) is 6.47. The Labute approximate surface area is 219 Å². The molecule has 1 saturated carbocycles. The van der Waals surface area contributed by atoms with E-state index in [1.165, 1.54) is 19.2 Å². The van der Waals surface area contributed by atoms with Crippen LogP contribution in [0, 0.1) is 5.82 Å². The third-order valence-corrected chi connectivity index (χ3v) is 8.53. The van der Waals surface area contributed by atoms with E-state index in [0.717, 1.165) is 35.3 Å². The molecule has 2 heterocycles. The minimum absolute atomic E-state index is 0.0894. The Kier molecular flexibility index (Phi) is 5.48. The molecule has 2 aromatic carbocycles. The third kappa shape index (κ3) is 3.65. The lowest BCUT2D eigenvalue weighted by molar-refractivity contribution is -0.143. The monoisotopic (exact) mass is 520 g/mol. The van der Waals surface area contributed by atoms with E-state index in [1.807, 2.05) is 13.0 Å². The van der Waals surface area contributed by atoms with Gasteiger partial charge in [-0.25, -0.2) is 18.9 Å². The highest BCUT2D eigenvalue weighted by atomic mass is 19.1. The van der Waals surface area contributed by atoms with Crippen molar-refractivity contribution >= 4 is 29.6 Å². The van der Waals surface area contributed by atoms with Gasteiger partial charge in [0.1, 0.15) is 12.4 Å². The molecule has 5 amide bonds. The zero-order chi connectivity index (χ0) is 26.8. The fraction of sp³-hybridized carbons (Fsp3) is 0.429. The number of carbonyl (C=O) groups is 4. The van der Waals surface area contributed by atoms with E-state index in [-0.39, 0.29) is 35.3 Å². The minimum atomic E-state index is -1.47. The van der Waals surface area contributed by atoms with Crippen molar-refractivity contribution < 1.29 is 28.3 Å². The number of nitrogens with zero attached hydrogens (tertiary/aromatic N) is 2. The molecule has 3 atom stereocenters. The lowest BCUT2D eigenvalue weighted by Gasteiger charge is -2.30. The van der Waals surface area contributed by atoms with E-state index in [9.17, 15) is 23.6 Å². The summed E-state index contributed by atoms with van der Waals surface area (Å²) in [5.74, 6) is -1.23. The van der Waals surface area contributed by atoms with E-state index in [1.54, 1.807) is 29.2 Å². The molecule has 0 radical (unpaired) electrons. The van der Waals surface area contributed by atoms with Gasteiger partial charge in [-0.1, -0.05) is 18.2 Å². The number of fused-ring (bicyclic) bond motifs is 3. The third-order valence-electron chi connectivity index (χ3n) is 8.53. The zero-order valence-corrected chi connectivity index (χ0v) is 21.3. The summed E-state index contributed by atoms with van der Waals surface area (Å²) >= 11 is 0. The maximum absolute atomic E-state index is 13.8. The number of nitrogens with one attached hydrogen (secondary N) is 2. The van der Waals surface area contributed by atoms with Crippen molar-refractivity contribution in [1.29, 1.82) is 0 Å². The Hall–Kier alpha value is -3.95. The SMILES string of the molecule is CNC(=O)Nc1ccc2c(c1)C1(CC1)CC21OC(=O)N(CC(=O)N2C(C)CCC2c2ccc(F)cc2)C1=O. The number of amides is 5. The Morgan fingerprint density at radius 2 is 1.82 bits per heavy atom.